The minimum atomic E-state index is 0.506. The molecule has 0 fully saturated rings. The van der Waals surface area contributed by atoms with Gasteiger partial charge in [0, 0.05) is 0 Å². The number of rotatable bonds is 0. The second-order valence-corrected chi connectivity index (χ2v) is 5.06. The summed E-state index contributed by atoms with van der Waals surface area (Å²) in [5, 5.41) is 5.15. The Bertz CT molecular complexity index is 498. The summed E-state index contributed by atoms with van der Waals surface area (Å²) in [7, 11) is 5.52. The van der Waals surface area contributed by atoms with E-state index in [1.807, 2.05) is 0 Å². The average molecular weight is 220 g/mol. The Kier molecular flexibility index (Phi) is 2.86. The van der Waals surface area contributed by atoms with Gasteiger partial charge in [-0.25, -0.2) is 0 Å². The zero-order chi connectivity index (χ0) is 10.1. The highest BCUT2D eigenvalue weighted by atomic mass is 31.0. The molecule has 0 aliphatic heterocycles. The molecule has 0 bridgehead atoms. The lowest BCUT2D eigenvalue weighted by molar-refractivity contribution is 0.996. The Balaban J connectivity index is 2.76. The van der Waals surface area contributed by atoms with E-state index in [-0.39, 0.29) is 0 Å². The highest BCUT2D eigenvalue weighted by Crippen LogP contribution is 2.13. The van der Waals surface area contributed by atoms with E-state index >= 15 is 0 Å². The summed E-state index contributed by atoms with van der Waals surface area (Å²) in [6.45, 7) is 2.21. The lowest BCUT2D eigenvalue weighted by Crippen LogP contribution is -2.26. The summed E-state index contributed by atoms with van der Waals surface area (Å²) in [5.74, 6) is 0.506. The first-order chi connectivity index (χ1) is 6.65. The van der Waals surface area contributed by atoms with Crippen molar-refractivity contribution in [1.29, 1.82) is 0 Å². The minimum Gasteiger partial charge on any atom is -0.106 e. The van der Waals surface area contributed by atoms with Crippen LogP contribution in [0.3, 0.4) is 0 Å². The van der Waals surface area contributed by atoms with Crippen molar-refractivity contribution >= 4 is 35.9 Å². The largest absolute Gasteiger partial charge is 0.106 e. The van der Waals surface area contributed by atoms with Gasteiger partial charge >= 0.3 is 0 Å². The summed E-state index contributed by atoms with van der Waals surface area (Å²) in [6.07, 6.45) is 6.77. The molecule has 0 N–H and O–H groups in total. The number of benzene rings is 1. The Hall–Kier alpha value is -0.440. The fourth-order valence-corrected chi connectivity index (χ4v) is 2.49. The number of hydrogen-bond donors (Lipinski definition) is 0. The molecular formula is C12H14P2. The molecule has 3 atom stereocenters. The molecule has 0 saturated heterocycles. The van der Waals surface area contributed by atoms with Crippen molar-refractivity contribution in [2.24, 2.45) is 5.92 Å². The van der Waals surface area contributed by atoms with Crippen LogP contribution >= 0.6 is 18.5 Å². The van der Waals surface area contributed by atoms with E-state index in [0.29, 0.717) is 5.92 Å². The van der Waals surface area contributed by atoms with E-state index in [1.54, 1.807) is 0 Å². The van der Waals surface area contributed by atoms with Crippen LogP contribution in [-0.4, -0.2) is 0 Å². The van der Waals surface area contributed by atoms with Gasteiger partial charge in [0.1, 0.15) is 0 Å². The summed E-state index contributed by atoms with van der Waals surface area (Å²) in [6, 6.07) is 6.51. The van der Waals surface area contributed by atoms with Gasteiger partial charge in [-0.2, -0.15) is 0 Å². The smallest absolute Gasteiger partial charge is 0.00635 e. The third kappa shape index (κ3) is 2.14. The Morgan fingerprint density at radius 3 is 2.64 bits per heavy atom. The van der Waals surface area contributed by atoms with Crippen LogP contribution in [0.15, 0.2) is 29.6 Å². The predicted molar refractivity (Wildman–Crippen MR) is 70.9 cm³/mol. The normalized spacial score (nSPS) is 19.9. The molecule has 1 aliphatic rings. The third-order valence-electron chi connectivity index (χ3n) is 2.33. The van der Waals surface area contributed by atoms with Gasteiger partial charge in [-0.3, -0.25) is 0 Å². The maximum absolute atomic E-state index is 2.78. The van der Waals surface area contributed by atoms with Crippen molar-refractivity contribution in [3.05, 3.63) is 40.0 Å². The van der Waals surface area contributed by atoms with Crippen LogP contribution in [0, 0.1) is 5.92 Å². The Morgan fingerprint density at radius 2 is 1.86 bits per heavy atom. The first-order valence-corrected chi connectivity index (χ1v) is 5.87. The van der Waals surface area contributed by atoms with E-state index in [0.717, 1.165) is 0 Å². The van der Waals surface area contributed by atoms with Gasteiger partial charge in [0.05, 0.1) is 0 Å². The molecule has 0 aromatic heterocycles. The second kappa shape index (κ2) is 3.97. The maximum atomic E-state index is 2.78. The molecule has 2 heteroatoms. The molecule has 0 nitrogen and oxygen atoms in total. The van der Waals surface area contributed by atoms with E-state index in [1.165, 1.54) is 21.1 Å². The molecule has 2 rings (SSSR count). The summed E-state index contributed by atoms with van der Waals surface area (Å²) in [4.78, 5) is 0. The Labute approximate surface area is 89.2 Å². The Morgan fingerprint density at radius 1 is 1.07 bits per heavy atom. The summed E-state index contributed by atoms with van der Waals surface area (Å²) >= 11 is 0. The molecule has 0 saturated carbocycles. The van der Waals surface area contributed by atoms with Crippen molar-refractivity contribution < 1.29 is 0 Å². The van der Waals surface area contributed by atoms with Gasteiger partial charge < -0.3 is 0 Å². The van der Waals surface area contributed by atoms with Gasteiger partial charge in [0.2, 0.25) is 0 Å². The second-order valence-electron chi connectivity index (χ2n) is 3.73. The maximum Gasteiger partial charge on any atom is -0.00635 e. The zero-order valence-electron chi connectivity index (χ0n) is 8.20. The number of allylic oxidation sites excluding steroid dienone is 2. The van der Waals surface area contributed by atoms with Crippen LogP contribution in [-0.2, 0) is 0 Å². The minimum absolute atomic E-state index is 0.506. The van der Waals surface area contributed by atoms with E-state index in [2.05, 4.69) is 61.8 Å². The average Bonchev–Trinajstić information content (AvgIpc) is 2.21. The van der Waals surface area contributed by atoms with Crippen LogP contribution < -0.4 is 15.7 Å². The van der Waals surface area contributed by atoms with E-state index in [9.17, 15) is 0 Å². The van der Waals surface area contributed by atoms with Crippen LogP contribution in [0.25, 0.3) is 12.2 Å². The van der Waals surface area contributed by atoms with Crippen molar-refractivity contribution in [3.8, 4) is 0 Å². The molecule has 0 amide bonds. The molecule has 1 aromatic carbocycles. The first kappa shape index (κ1) is 10.1. The van der Waals surface area contributed by atoms with Crippen molar-refractivity contribution in [2.75, 3.05) is 0 Å². The van der Waals surface area contributed by atoms with Crippen molar-refractivity contribution in [2.45, 2.75) is 6.92 Å². The standard InChI is InChI=1S/C12H14P2/c1-8-4-10-7-11(13)3-2-9(10)6-12(14)5-8/h2-8H,13-14H2,1H3. The lowest BCUT2D eigenvalue weighted by Gasteiger charge is -1.96. The molecule has 72 valence electrons. The number of fused-ring (bicyclic) bond motifs is 1. The summed E-state index contributed by atoms with van der Waals surface area (Å²) in [5.41, 5.74) is 0. The fraction of sp³-hybridized carbons (Fsp3) is 0.167. The molecule has 3 unspecified atom stereocenters. The monoisotopic (exact) mass is 220 g/mol. The molecule has 1 aromatic rings. The SMILES string of the molecule is CC1C=C(P)C=c2ccc(P)cc2=C1. The molecule has 14 heavy (non-hydrogen) atoms. The molecule has 0 radical (unpaired) electrons. The fourth-order valence-electron chi connectivity index (χ4n) is 1.73. The van der Waals surface area contributed by atoms with Crippen LogP contribution in [0.1, 0.15) is 6.92 Å². The zero-order valence-corrected chi connectivity index (χ0v) is 10.5. The van der Waals surface area contributed by atoms with Crippen LogP contribution in [0.4, 0.5) is 0 Å². The van der Waals surface area contributed by atoms with Gasteiger partial charge in [0.15, 0.2) is 0 Å². The quantitative estimate of drug-likeness (QED) is 0.575. The summed E-state index contributed by atoms with van der Waals surface area (Å²) < 4.78 is 0. The molecule has 0 heterocycles. The molecular weight excluding hydrogens is 206 g/mol. The molecule has 0 spiro atoms. The van der Waals surface area contributed by atoms with Crippen molar-refractivity contribution in [3.63, 3.8) is 0 Å². The highest BCUT2D eigenvalue weighted by Gasteiger charge is 1.98. The van der Waals surface area contributed by atoms with Gasteiger partial charge in [0.25, 0.3) is 0 Å². The topological polar surface area (TPSA) is 0 Å². The van der Waals surface area contributed by atoms with E-state index < -0.39 is 0 Å². The van der Waals surface area contributed by atoms with Crippen LogP contribution in [0.5, 0.6) is 0 Å². The van der Waals surface area contributed by atoms with Gasteiger partial charge in [-0.1, -0.05) is 31.2 Å². The first-order valence-electron chi connectivity index (χ1n) is 4.71. The highest BCUT2D eigenvalue weighted by molar-refractivity contribution is 7.27. The van der Waals surface area contributed by atoms with Crippen LogP contribution in [0.2, 0.25) is 0 Å². The molecule has 1 aliphatic carbocycles. The number of hydrogen-bond acceptors (Lipinski definition) is 0. The van der Waals surface area contributed by atoms with Gasteiger partial charge in [-0.05, 0) is 39.1 Å². The third-order valence-corrected chi connectivity index (χ3v) is 3.05. The van der Waals surface area contributed by atoms with E-state index in [4.69, 9.17) is 0 Å². The van der Waals surface area contributed by atoms with Gasteiger partial charge in [-0.15, -0.1) is 18.5 Å². The van der Waals surface area contributed by atoms with Crippen molar-refractivity contribution in [1.82, 2.24) is 0 Å². The predicted octanol–water partition coefficient (Wildman–Crippen LogP) is 1.16. The lowest BCUT2D eigenvalue weighted by atomic mass is 10.1.